The maximum absolute atomic E-state index is 14.0. The molecule has 0 bridgehead atoms. The molecule has 2 aromatic rings. The van der Waals surface area contributed by atoms with Gasteiger partial charge in [0, 0.05) is 31.1 Å². The number of benzene rings is 2. The number of carboxylic acid groups (broad SMARTS) is 1. The quantitative estimate of drug-likeness (QED) is 0.831. The second-order valence-corrected chi connectivity index (χ2v) is 8.04. The summed E-state index contributed by atoms with van der Waals surface area (Å²) < 4.78 is 24.7. The van der Waals surface area contributed by atoms with Crippen molar-refractivity contribution >= 4 is 11.9 Å². The van der Waals surface area contributed by atoms with Gasteiger partial charge in [-0.1, -0.05) is 12.1 Å². The summed E-state index contributed by atoms with van der Waals surface area (Å²) in [4.78, 5) is 28.3. The molecule has 156 valence electrons. The van der Waals surface area contributed by atoms with Gasteiger partial charge in [0.2, 0.25) is 6.79 Å². The van der Waals surface area contributed by atoms with Crippen molar-refractivity contribution in [3.63, 3.8) is 0 Å². The molecule has 0 aliphatic carbocycles. The molecular weight excluding hydrogens is 391 g/mol. The number of nitrogens with zero attached hydrogens (tertiary/aromatic N) is 2. The fraction of sp³-hybridized carbons (Fsp3) is 0.364. The van der Waals surface area contributed by atoms with Crippen LogP contribution in [0.1, 0.15) is 22.0 Å². The fourth-order valence-electron chi connectivity index (χ4n) is 4.98. The fourth-order valence-corrected chi connectivity index (χ4v) is 4.98. The van der Waals surface area contributed by atoms with Gasteiger partial charge >= 0.3 is 5.97 Å². The Morgan fingerprint density at radius 1 is 1.07 bits per heavy atom. The largest absolute Gasteiger partial charge is 0.480 e. The van der Waals surface area contributed by atoms with Crippen LogP contribution in [0.15, 0.2) is 42.5 Å². The molecule has 0 spiro atoms. The molecule has 1 N–H and O–H groups in total. The zero-order chi connectivity index (χ0) is 20.8. The molecule has 8 heteroatoms. The van der Waals surface area contributed by atoms with Crippen LogP contribution in [-0.4, -0.2) is 59.8 Å². The molecule has 2 fully saturated rings. The standard InChI is InChI=1S/C22H21FN2O5/c23-16-3-1-2-13(6-16)21-17-10-24(11-20(26)27)8-15(17)9-25(21)22(28)14-4-5-18-19(7-14)30-12-29-18/h1-7,15,17,21H,8-12H2,(H,26,27)/t15-,17-,21-/m0/s1. The first-order chi connectivity index (χ1) is 14.5. The molecule has 3 aliphatic rings. The second-order valence-electron chi connectivity index (χ2n) is 8.04. The Balaban J connectivity index is 1.46. The van der Waals surface area contributed by atoms with E-state index in [0.29, 0.717) is 36.7 Å². The number of fused-ring (bicyclic) bond motifs is 2. The molecule has 5 rings (SSSR count). The first kappa shape index (κ1) is 18.9. The van der Waals surface area contributed by atoms with E-state index in [9.17, 15) is 14.0 Å². The van der Waals surface area contributed by atoms with E-state index in [1.807, 2.05) is 11.0 Å². The van der Waals surface area contributed by atoms with Crippen molar-refractivity contribution in [2.45, 2.75) is 6.04 Å². The summed E-state index contributed by atoms with van der Waals surface area (Å²) in [7, 11) is 0. The van der Waals surface area contributed by atoms with Crippen LogP contribution in [0.4, 0.5) is 4.39 Å². The highest BCUT2D eigenvalue weighted by Gasteiger charge is 2.49. The number of hydrogen-bond donors (Lipinski definition) is 1. The molecule has 3 aliphatic heterocycles. The van der Waals surface area contributed by atoms with E-state index in [1.54, 1.807) is 29.2 Å². The summed E-state index contributed by atoms with van der Waals surface area (Å²) in [5, 5.41) is 9.14. The minimum atomic E-state index is -0.870. The Morgan fingerprint density at radius 2 is 1.90 bits per heavy atom. The molecule has 0 aromatic heterocycles. The Labute approximate surface area is 172 Å². The van der Waals surface area contributed by atoms with E-state index in [2.05, 4.69) is 0 Å². The average molecular weight is 412 g/mol. The van der Waals surface area contributed by atoms with Crippen molar-refractivity contribution in [2.75, 3.05) is 33.0 Å². The Morgan fingerprint density at radius 3 is 2.70 bits per heavy atom. The monoisotopic (exact) mass is 412 g/mol. The van der Waals surface area contributed by atoms with E-state index in [-0.39, 0.29) is 42.9 Å². The van der Waals surface area contributed by atoms with Gasteiger partial charge in [-0.15, -0.1) is 0 Å². The number of carbonyl (C=O) groups is 2. The summed E-state index contributed by atoms with van der Waals surface area (Å²) in [5.41, 5.74) is 1.22. The third-order valence-electron chi connectivity index (χ3n) is 6.17. The summed E-state index contributed by atoms with van der Waals surface area (Å²) in [6.07, 6.45) is 0. The third kappa shape index (κ3) is 3.27. The molecule has 0 unspecified atom stereocenters. The SMILES string of the molecule is O=C(O)CN1C[C@H]2CN(C(=O)c3ccc4c(c3)OCO4)[C@@H](c3cccc(F)c3)[C@H]2C1. The third-order valence-corrected chi connectivity index (χ3v) is 6.17. The first-order valence-electron chi connectivity index (χ1n) is 9.90. The molecule has 2 aromatic carbocycles. The van der Waals surface area contributed by atoms with Crippen LogP contribution in [0.25, 0.3) is 0 Å². The van der Waals surface area contributed by atoms with Crippen molar-refractivity contribution in [2.24, 2.45) is 11.8 Å². The van der Waals surface area contributed by atoms with E-state index in [0.717, 1.165) is 5.56 Å². The highest BCUT2D eigenvalue weighted by molar-refractivity contribution is 5.95. The number of hydrogen-bond acceptors (Lipinski definition) is 5. The number of aliphatic carboxylic acids is 1. The van der Waals surface area contributed by atoms with Crippen LogP contribution in [-0.2, 0) is 4.79 Å². The number of rotatable bonds is 4. The normalized spacial score (nSPS) is 24.8. The molecule has 30 heavy (non-hydrogen) atoms. The minimum absolute atomic E-state index is 0.0288. The van der Waals surface area contributed by atoms with Crippen LogP contribution < -0.4 is 9.47 Å². The highest BCUT2D eigenvalue weighted by atomic mass is 19.1. The lowest BCUT2D eigenvalue weighted by Crippen LogP contribution is -2.37. The van der Waals surface area contributed by atoms with Crippen molar-refractivity contribution in [1.82, 2.24) is 9.80 Å². The van der Waals surface area contributed by atoms with Crippen LogP contribution in [0.2, 0.25) is 0 Å². The van der Waals surface area contributed by atoms with E-state index < -0.39 is 5.97 Å². The van der Waals surface area contributed by atoms with E-state index in [4.69, 9.17) is 14.6 Å². The van der Waals surface area contributed by atoms with E-state index >= 15 is 0 Å². The Bertz CT molecular complexity index is 1010. The summed E-state index contributed by atoms with van der Waals surface area (Å²) in [6.45, 7) is 1.76. The number of ether oxygens (including phenoxy) is 2. The summed E-state index contributed by atoms with van der Waals surface area (Å²) in [6, 6.07) is 11.1. The predicted molar refractivity (Wildman–Crippen MR) is 104 cm³/mol. The average Bonchev–Trinajstić information content (AvgIpc) is 3.40. The van der Waals surface area contributed by atoms with Crippen molar-refractivity contribution in [3.8, 4) is 11.5 Å². The lowest BCUT2D eigenvalue weighted by Gasteiger charge is -2.30. The van der Waals surface area contributed by atoms with Crippen molar-refractivity contribution < 1.29 is 28.6 Å². The molecule has 3 heterocycles. The number of likely N-dealkylation sites (tertiary alicyclic amines) is 2. The van der Waals surface area contributed by atoms with Gasteiger partial charge in [-0.3, -0.25) is 14.5 Å². The number of carbonyl (C=O) groups excluding carboxylic acids is 1. The van der Waals surface area contributed by atoms with Gasteiger partial charge in [-0.05, 0) is 41.8 Å². The van der Waals surface area contributed by atoms with Crippen molar-refractivity contribution in [1.29, 1.82) is 0 Å². The maximum atomic E-state index is 14.0. The van der Waals surface area contributed by atoms with Crippen LogP contribution >= 0.6 is 0 Å². The minimum Gasteiger partial charge on any atom is -0.480 e. The number of carboxylic acids is 1. The molecular formula is C22H21FN2O5. The van der Waals surface area contributed by atoms with E-state index in [1.165, 1.54) is 12.1 Å². The van der Waals surface area contributed by atoms with Gasteiger partial charge in [-0.2, -0.15) is 0 Å². The van der Waals surface area contributed by atoms with Gasteiger partial charge in [-0.25, -0.2) is 4.39 Å². The molecule has 3 atom stereocenters. The molecule has 0 radical (unpaired) electrons. The zero-order valence-corrected chi connectivity index (χ0v) is 16.2. The Hall–Kier alpha value is -3.13. The van der Waals surface area contributed by atoms with Crippen molar-refractivity contribution in [3.05, 3.63) is 59.4 Å². The Kier molecular flexibility index (Phi) is 4.58. The van der Waals surface area contributed by atoms with Gasteiger partial charge in [0.1, 0.15) is 5.82 Å². The molecule has 2 saturated heterocycles. The lowest BCUT2D eigenvalue weighted by atomic mass is 9.89. The molecule has 1 amide bonds. The topological polar surface area (TPSA) is 79.3 Å². The molecule has 7 nitrogen and oxygen atoms in total. The van der Waals surface area contributed by atoms with Gasteiger partial charge < -0.3 is 19.5 Å². The van der Waals surface area contributed by atoms with Gasteiger partial charge in [0.15, 0.2) is 11.5 Å². The predicted octanol–water partition coefficient (Wildman–Crippen LogP) is 2.38. The number of amides is 1. The van der Waals surface area contributed by atoms with Gasteiger partial charge in [0.05, 0.1) is 12.6 Å². The van der Waals surface area contributed by atoms with Gasteiger partial charge in [0.25, 0.3) is 5.91 Å². The van der Waals surface area contributed by atoms with Crippen LogP contribution in [0.3, 0.4) is 0 Å². The lowest BCUT2D eigenvalue weighted by molar-refractivity contribution is -0.138. The zero-order valence-electron chi connectivity index (χ0n) is 16.2. The highest BCUT2D eigenvalue weighted by Crippen LogP contribution is 2.46. The maximum Gasteiger partial charge on any atom is 0.317 e. The molecule has 0 saturated carbocycles. The summed E-state index contributed by atoms with van der Waals surface area (Å²) >= 11 is 0. The smallest absolute Gasteiger partial charge is 0.317 e. The first-order valence-corrected chi connectivity index (χ1v) is 9.90. The number of halogens is 1. The van der Waals surface area contributed by atoms with Crippen LogP contribution in [0.5, 0.6) is 11.5 Å². The van der Waals surface area contributed by atoms with Crippen LogP contribution in [0, 0.1) is 17.7 Å². The summed E-state index contributed by atoms with van der Waals surface area (Å²) in [5.74, 6) is -0.0511. The second kappa shape index (κ2) is 7.28.